The largest absolute Gasteiger partial charge is 0.541 e. The van der Waals surface area contributed by atoms with Gasteiger partial charge >= 0.3 is 5.97 Å². The van der Waals surface area contributed by atoms with E-state index in [1.54, 1.807) is 6.08 Å². The minimum absolute atomic E-state index is 0.0498. The van der Waals surface area contributed by atoms with E-state index >= 15 is 0 Å². The Balaban J connectivity index is 3.39. The molecule has 4 nitrogen and oxygen atoms in total. The van der Waals surface area contributed by atoms with Crippen LogP contribution in [-0.4, -0.2) is 27.7 Å². The van der Waals surface area contributed by atoms with E-state index in [4.69, 9.17) is 14.0 Å². The van der Waals surface area contributed by atoms with Crippen molar-refractivity contribution >= 4 is 28.7 Å². The van der Waals surface area contributed by atoms with Gasteiger partial charge < -0.3 is 14.0 Å². The lowest BCUT2D eigenvalue weighted by molar-refractivity contribution is -0.131. The number of hydrogen-bond acceptors (Lipinski definition) is 3. The van der Waals surface area contributed by atoms with E-state index in [1.165, 1.54) is 0 Å². The molecule has 0 saturated heterocycles. The molecule has 1 rings (SSSR count). The highest BCUT2D eigenvalue weighted by Crippen LogP contribution is 2.43. The summed E-state index contributed by atoms with van der Waals surface area (Å²) in [4.78, 5) is 10.9. The van der Waals surface area contributed by atoms with Gasteiger partial charge in [0.15, 0.2) is 0 Å². The Morgan fingerprint density at radius 1 is 0.889 bits per heavy atom. The van der Waals surface area contributed by atoms with E-state index in [1.807, 2.05) is 18.2 Å². The Labute approximate surface area is 166 Å². The first-order valence-electron chi connectivity index (χ1n) is 9.39. The maximum atomic E-state index is 10.9. The second-order valence-corrected chi connectivity index (χ2v) is 19.6. The fraction of sp³-hybridized carbons (Fsp3) is 0.571. The van der Waals surface area contributed by atoms with Crippen molar-refractivity contribution in [3.63, 3.8) is 0 Å². The molecule has 0 aromatic heterocycles. The highest BCUT2D eigenvalue weighted by Gasteiger charge is 2.42. The minimum Gasteiger partial charge on any atom is -0.541 e. The van der Waals surface area contributed by atoms with Gasteiger partial charge in [0.1, 0.15) is 11.5 Å². The smallest absolute Gasteiger partial charge is 0.328 e. The molecular formula is C21H36O4Si2. The molecule has 0 aliphatic carbocycles. The van der Waals surface area contributed by atoms with Crippen molar-refractivity contribution in [2.45, 2.75) is 77.8 Å². The van der Waals surface area contributed by atoms with Gasteiger partial charge in [0.25, 0.3) is 16.6 Å². The SMILES string of the molecule is CC(C)(C)[Si](C)(C)Oc1ccc(C=CC(=O)O)cc1O[Si](C)(C)C(C)(C)C. The van der Waals surface area contributed by atoms with Crippen LogP contribution in [0.1, 0.15) is 47.1 Å². The Morgan fingerprint density at radius 2 is 1.33 bits per heavy atom. The summed E-state index contributed by atoms with van der Waals surface area (Å²) in [5.41, 5.74) is 0.786. The fourth-order valence-electron chi connectivity index (χ4n) is 1.82. The van der Waals surface area contributed by atoms with Crippen LogP contribution in [0, 0.1) is 0 Å². The van der Waals surface area contributed by atoms with Gasteiger partial charge in [-0.05, 0) is 60.0 Å². The predicted molar refractivity (Wildman–Crippen MR) is 119 cm³/mol. The molecule has 0 heterocycles. The fourth-order valence-corrected chi connectivity index (χ4v) is 3.86. The van der Waals surface area contributed by atoms with E-state index in [9.17, 15) is 4.79 Å². The molecule has 6 heteroatoms. The lowest BCUT2D eigenvalue weighted by Crippen LogP contribution is -2.45. The average molecular weight is 409 g/mol. The van der Waals surface area contributed by atoms with E-state index in [2.05, 4.69) is 67.7 Å². The second-order valence-electron chi connectivity index (χ2n) is 10.1. The first-order valence-corrected chi connectivity index (χ1v) is 15.2. The highest BCUT2D eigenvalue weighted by atomic mass is 28.4. The van der Waals surface area contributed by atoms with Gasteiger partial charge in [-0.1, -0.05) is 47.6 Å². The van der Waals surface area contributed by atoms with E-state index in [0.717, 1.165) is 17.4 Å². The van der Waals surface area contributed by atoms with Crippen LogP contribution in [0.2, 0.25) is 36.3 Å². The Morgan fingerprint density at radius 3 is 1.74 bits per heavy atom. The molecule has 0 amide bonds. The summed E-state index contributed by atoms with van der Waals surface area (Å²) >= 11 is 0. The third-order valence-electron chi connectivity index (χ3n) is 5.73. The van der Waals surface area contributed by atoms with Crippen molar-refractivity contribution < 1.29 is 18.8 Å². The van der Waals surface area contributed by atoms with E-state index in [0.29, 0.717) is 5.75 Å². The van der Waals surface area contributed by atoms with Crippen molar-refractivity contribution in [3.8, 4) is 11.5 Å². The van der Waals surface area contributed by atoms with Crippen molar-refractivity contribution in [1.82, 2.24) is 0 Å². The van der Waals surface area contributed by atoms with Gasteiger partial charge in [-0.15, -0.1) is 0 Å². The van der Waals surface area contributed by atoms with Crippen LogP contribution < -0.4 is 8.85 Å². The summed E-state index contributed by atoms with van der Waals surface area (Å²) in [6.07, 6.45) is 2.72. The number of rotatable bonds is 6. The molecule has 0 saturated carbocycles. The van der Waals surface area contributed by atoms with Gasteiger partial charge in [-0.2, -0.15) is 0 Å². The number of hydrogen-bond donors (Lipinski definition) is 1. The molecule has 1 N–H and O–H groups in total. The molecular weight excluding hydrogens is 372 g/mol. The first-order chi connectivity index (χ1) is 12.0. The minimum atomic E-state index is -2.07. The molecule has 0 bridgehead atoms. The number of aliphatic carboxylic acids is 1. The summed E-state index contributed by atoms with van der Waals surface area (Å²) in [5.74, 6) is 0.487. The lowest BCUT2D eigenvalue weighted by Gasteiger charge is -2.39. The molecule has 0 unspecified atom stereocenters. The van der Waals surface area contributed by atoms with Gasteiger partial charge in [-0.3, -0.25) is 0 Å². The van der Waals surface area contributed by atoms with Gasteiger partial charge in [0.05, 0.1) is 0 Å². The van der Waals surface area contributed by atoms with Crippen molar-refractivity contribution in [1.29, 1.82) is 0 Å². The van der Waals surface area contributed by atoms with E-state index in [-0.39, 0.29) is 10.1 Å². The Kier molecular flexibility index (Phi) is 6.82. The van der Waals surface area contributed by atoms with Gasteiger partial charge in [0.2, 0.25) is 0 Å². The quantitative estimate of drug-likeness (QED) is 0.428. The normalized spacial score (nSPS) is 13.7. The summed E-state index contributed by atoms with van der Waals surface area (Å²) in [5, 5.41) is 9.03. The standard InChI is InChI=1S/C21H36O4Si2/c1-20(2,3)26(7,8)24-17-13-11-16(12-14-19(22)23)15-18(17)25-27(9,10)21(4,5)6/h11-15H,1-10H3,(H,22,23). The third kappa shape index (κ3) is 6.24. The summed E-state index contributed by atoms with van der Waals surface area (Å²) in [7, 11) is -4.10. The Hall–Kier alpha value is -1.54. The van der Waals surface area contributed by atoms with Crippen molar-refractivity contribution in [2.75, 3.05) is 0 Å². The van der Waals surface area contributed by atoms with Crippen LogP contribution >= 0.6 is 0 Å². The zero-order chi connectivity index (χ0) is 21.3. The van der Waals surface area contributed by atoms with Gasteiger partial charge in [-0.25, -0.2) is 4.79 Å². The lowest BCUT2D eigenvalue weighted by atomic mass is 10.2. The molecule has 1 aromatic rings. The maximum Gasteiger partial charge on any atom is 0.328 e. The van der Waals surface area contributed by atoms with Crippen LogP contribution in [0.3, 0.4) is 0 Å². The summed E-state index contributed by atoms with van der Waals surface area (Å²) in [6.45, 7) is 22.0. The maximum absolute atomic E-state index is 10.9. The molecule has 0 fully saturated rings. The van der Waals surface area contributed by atoms with E-state index < -0.39 is 22.6 Å². The number of carboxylic acids is 1. The van der Waals surface area contributed by atoms with Crippen LogP contribution in [0.15, 0.2) is 24.3 Å². The molecule has 0 atom stereocenters. The molecule has 0 spiro atoms. The summed E-state index contributed by atoms with van der Waals surface area (Å²) < 4.78 is 13.1. The average Bonchev–Trinajstić information content (AvgIpc) is 2.44. The molecule has 0 aliphatic heterocycles. The molecule has 1 aromatic carbocycles. The molecule has 0 radical (unpaired) electrons. The zero-order valence-corrected chi connectivity index (χ0v) is 20.6. The molecule has 27 heavy (non-hydrogen) atoms. The van der Waals surface area contributed by atoms with Crippen LogP contribution in [0.5, 0.6) is 11.5 Å². The van der Waals surface area contributed by atoms with Crippen LogP contribution in [0.25, 0.3) is 6.08 Å². The summed E-state index contributed by atoms with van der Waals surface area (Å²) in [6, 6.07) is 5.67. The van der Waals surface area contributed by atoms with Crippen LogP contribution in [0.4, 0.5) is 0 Å². The topological polar surface area (TPSA) is 55.8 Å². The van der Waals surface area contributed by atoms with Gasteiger partial charge in [0, 0.05) is 6.08 Å². The predicted octanol–water partition coefficient (Wildman–Crippen LogP) is 6.55. The zero-order valence-electron chi connectivity index (χ0n) is 18.6. The monoisotopic (exact) mass is 408 g/mol. The van der Waals surface area contributed by atoms with Crippen molar-refractivity contribution in [2.24, 2.45) is 0 Å². The first kappa shape index (κ1) is 23.5. The third-order valence-corrected chi connectivity index (χ3v) is 14.4. The Bertz CT molecular complexity index is 708. The second kappa shape index (κ2) is 7.83. The molecule has 0 aliphatic rings. The number of carboxylic acid groups (broad SMARTS) is 1. The van der Waals surface area contributed by atoms with Crippen molar-refractivity contribution in [3.05, 3.63) is 29.8 Å². The molecule has 152 valence electrons. The number of carbonyl (C=O) groups is 1. The number of benzene rings is 1. The van der Waals surface area contributed by atoms with Crippen LogP contribution in [-0.2, 0) is 4.79 Å². The highest BCUT2D eigenvalue weighted by molar-refractivity contribution is 6.75.